The summed E-state index contributed by atoms with van der Waals surface area (Å²) < 4.78 is 3.89. The van der Waals surface area contributed by atoms with Gasteiger partial charge in [0.2, 0.25) is 0 Å². The topological polar surface area (TPSA) is 105 Å². The van der Waals surface area contributed by atoms with E-state index >= 15 is 0 Å². The molecule has 98 valence electrons. The van der Waals surface area contributed by atoms with Gasteiger partial charge in [0, 0.05) is 0 Å². The largest absolute Gasteiger partial charge is 0.478 e. The third kappa shape index (κ3) is 2.85. The molecule has 7 nitrogen and oxygen atoms in total. The number of halogens is 1. The lowest BCUT2D eigenvalue weighted by Gasteiger charge is -2.02. The van der Waals surface area contributed by atoms with Gasteiger partial charge < -0.3 is 10.4 Å². The molecule has 0 radical (unpaired) electrons. The van der Waals surface area contributed by atoms with Crippen LogP contribution in [-0.4, -0.2) is 31.3 Å². The molecular formula is C10H7ClN4O3S. The third-order valence-electron chi connectivity index (χ3n) is 2.16. The summed E-state index contributed by atoms with van der Waals surface area (Å²) in [7, 11) is 0. The molecule has 0 unspecified atom stereocenters. The quantitative estimate of drug-likeness (QED) is 0.896. The fourth-order valence-corrected chi connectivity index (χ4v) is 2.19. The molecule has 1 amide bonds. The molecule has 2 aromatic rings. The SMILES string of the molecule is Cc1nsc(NC(=O)c2cnc(Cl)cn2)c1C(=O)O. The highest BCUT2D eigenvalue weighted by molar-refractivity contribution is 7.11. The van der Waals surface area contributed by atoms with Crippen LogP contribution in [0.15, 0.2) is 12.4 Å². The molecule has 0 fully saturated rings. The summed E-state index contributed by atoms with van der Waals surface area (Å²) in [6, 6.07) is 0. The van der Waals surface area contributed by atoms with Crippen LogP contribution in [-0.2, 0) is 0 Å². The highest BCUT2D eigenvalue weighted by atomic mass is 35.5. The minimum atomic E-state index is -1.15. The van der Waals surface area contributed by atoms with Gasteiger partial charge in [-0.15, -0.1) is 0 Å². The van der Waals surface area contributed by atoms with E-state index in [0.717, 1.165) is 11.5 Å². The third-order valence-corrected chi connectivity index (χ3v) is 3.21. The Morgan fingerprint density at radius 3 is 2.68 bits per heavy atom. The van der Waals surface area contributed by atoms with E-state index in [0.29, 0.717) is 5.69 Å². The second kappa shape index (κ2) is 5.29. The van der Waals surface area contributed by atoms with Crippen LogP contribution in [0.2, 0.25) is 5.15 Å². The van der Waals surface area contributed by atoms with E-state index in [2.05, 4.69) is 19.7 Å². The average Bonchev–Trinajstić information content (AvgIpc) is 2.71. The maximum absolute atomic E-state index is 11.8. The van der Waals surface area contributed by atoms with E-state index in [1.165, 1.54) is 12.4 Å². The number of anilines is 1. The van der Waals surface area contributed by atoms with Crippen molar-refractivity contribution < 1.29 is 14.7 Å². The summed E-state index contributed by atoms with van der Waals surface area (Å²) in [5.74, 6) is -1.72. The Hall–Kier alpha value is -2.06. The first-order valence-corrected chi connectivity index (χ1v) is 6.12. The first-order chi connectivity index (χ1) is 8.99. The van der Waals surface area contributed by atoms with Crippen molar-refractivity contribution >= 4 is 40.0 Å². The van der Waals surface area contributed by atoms with Gasteiger partial charge in [-0.2, -0.15) is 4.37 Å². The van der Waals surface area contributed by atoms with Gasteiger partial charge in [0.25, 0.3) is 5.91 Å². The Bertz CT molecular complexity index is 641. The molecule has 9 heteroatoms. The second-order valence-electron chi connectivity index (χ2n) is 3.46. The molecule has 0 saturated heterocycles. The van der Waals surface area contributed by atoms with Crippen LogP contribution in [0.1, 0.15) is 26.5 Å². The van der Waals surface area contributed by atoms with Gasteiger partial charge in [-0.1, -0.05) is 11.6 Å². The maximum Gasteiger partial charge on any atom is 0.340 e. The monoisotopic (exact) mass is 298 g/mol. The van der Waals surface area contributed by atoms with Crippen LogP contribution in [0, 0.1) is 6.92 Å². The molecule has 0 aliphatic rings. The minimum absolute atomic E-state index is 0.0275. The fraction of sp³-hybridized carbons (Fsp3) is 0.100. The van der Waals surface area contributed by atoms with Crippen molar-refractivity contribution in [3.63, 3.8) is 0 Å². The molecule has 2 aromatic heterocycles. The molecule has 0 aliphatic heterocycles. The molecule has 19 heavy (non-hydrogen) atoms. The molecule has 0 spiro atoms. The fourth-order valence-electron chi connectivity index (χ4n) is 1.30. The molecule has 2 N–H and O–H groups in total. The number of aromatic nitrogens is 3. The van der Waals surface area contributed by atoms with Gasteiger partial charge in [-0.05, 0) is 18.5 Å². The average molecular weight is 299 g/mol. The van der Waals surface area contributed by atoms with E-state index in [1.54, 1.807) is 6.92 Å². The number of carbonyl (C=O) groups excluding carboxylic acids is 1. The van der Waals surface area contributed by atoms with Crippen LogP contribution in [0.3, 0.4) is 0 Å². The number of hydrogen-bond acceptors (Lipinski definition) is 6. The number of carboxylic acids is 1. The molecule has 0 aromatic carbocycles. The molecule has 0 bridgehead atoms. The van der Waals surface area contributed by atoms with Crippen molar-refractivity contribution in [1.29, 1.82) is 0 Å². The summed E-state index contributed by atoms with van der Waals surface area (Å²) in [6.07, 6.45) is 2.43. The van der Waals surface area contributed by atoms with Crippen molar-refractivity contribution in [3.8, 4) is 0 Å². The summed E-state index contributed by atoms with van der Waals surface area (Å²) in [5, 5.41) is 11.8. The first-order valence-electron chi connectivity index (χ1n) is 4.97. The predicted octanol–water partition coefficient (Wildman–Crippen LogP) is 1.85. The number of aromatic carboxylic acids is 1. The molecule has 0 saturated carbocycles. The zero-order chi connectivity index (χ0) is 14.0. The Labute approximate surface area is 116 Å². The van der Waals surface area contributed by atoms with E-state index in [9.17, 15) is 9.59 Å². The molecular weight excluding hydrogens is 292 g/mol. The normalized spacial score (nSPS) is 10.2. The molecule has 0 atom stereocenters. The number of hydrogen-bond donors (Lipinski definition) is 2. The zero-order valence-electron chi connectivity index (χ0n) is 9.55. The second-order valence-corrected chi connectivity index (χ2v) is 4.62. The van der Waals surface area contributed by atoms with Crippen molar-refractivity contribution in [2.75, 3.05) is 5.32 Å². The van der Waals surface area contributed by atoms with Gasteiger partial charge in [0.05, 0.1) is 18.1 Å². The van der Waals surface area contributed by atoms with Crippen LogP contribution in [0.25, 0.3) is 0 Å². The smallest absolute Gasteiger partial charge is 0.340 e. The number of carboxylic acid groups (broad SMARTS) is 1. The lowest BCUT2D eigenvalue weighted by Crippen LogP contribution is -2.15. The highest BCUT2D eigenvalue weighted by Crippen LogP contribution is 2.24. The number of nitrogens with zero attached hydrogens (tertiary/aromatic N) is 3. The number of rotatable bonds is 3. The molecule has 2 rings (SSSR count). The number of carbonyl (C=O) groups is 2. The molecule has 0 aliphatic carbocycles. The minimum Gasteiger partial charge on any atom is -0.478 e. The first kappa shape index (κ1) is 13.4. The lowest BCUT2D eigenvalue weighted by atomic mass is 10.2. The Kier molecular flexibility index (Phi) is 3.72. The summed E-state index contributed by atoms with van der Waals surface area (Å²) in [4.78, 5) is 30.4. The summed E-state index contributed by atoms with van der Waals surface area (Å²) in [6.45, 7) is 1.55. The van der Waals surface area contributed by atoms with Crippen LogP contribution >= 0.6 is 23.1 Å². The van der Waals surface area contributed by atoms with Crippen molar-refractivity contribution in [1.82, 2.24) is 14.3 Å². The van der Waals surface area contributed by atoms with Gasteiger partial charge in [0.1, 0.15) is 21.4 Å². The van der Waals surface area contributed by atoms with Crippen LogP contribution < -0.4 is 5.32 Å². The van der Waals surface area contributed by atoms with Gasteiger partial charge >= 0.3 is 5.97 Å². The Balaban J connectivity index is 2.24. The van der Waals surface area contributed by atoms with Crippen molar-refractivity contribution in [2.24, 2.45) is 0 Å². The number of amides is 1. The predicted molar refractivity (Wildman–Crippen MR) is 68.8 cm³/mol. The van der Waals surface area contributed by atoms with Crippen LogP contribution in [0.5, 0.6) is 0 Å². The Morgan fingerprint density at radius 2 is 2.11 bits per heavy atom. The van der Waals surface area contributed by atoms with E-state index in [1.807, 2.05) is 0 Å². The summed E-state index contributed by atoms with van der Waals surface area (Å²) >= 11 is 6.45. The van der Waals surface area contributed by atoms with Crippen LogP contribution in [0.4, 0.5) is 5.00 Å². The Morgan fingerprint density at radius 1 is 1.37 bits per heavy atom. The maximum atomic E-state index is 11.8. The van der Waals surface area contributed by atoms with Gasteiger partial charge in [-0.25, -0.2) is 14.8 Å². The van der Waals surface area contributed by atoms with E-state index in [4.69, 9.17) is 16.7 Å². The summed E-state index contributed by atoms with van der Waals surface area (Å²) in [5.41, 5.74) is 0.349. The molecule has 2 heterocycles. The highest BCUT2D eigenvalue weighted by Gasteiger charge is 2.20. The van der Waals surface area contributed by atoms with E-state index in [-0.39, 0.29) is 21.4 Å². The number of aryl methyl sites for hydroxylation is 1. The van der Waals surface area contributed by atoms with Gasteiger partial charge in [-0.3, -0.25) is 4.79 Å². The van der Waals surface area contributed by atoms with E-state index < -0.39 is 11.9 Å². The lowest BCUT2D eigenvalue weighted by molar-refractivity contribution is 0.0697. The van der Waals surface area contributed by atoms with Crippen molar-refractivity contribution in [2.45, 2.75) is 6.92 Å². The van der Waals surface area contributed by atoms with Crippen molar-refractivity contribution in [3.05, 3.63) is 34.5 Å². The number of nitrogens with one attached hydrogen (secondary N) is 1. The zero-order valence-corrected chi connectivity index (χ0v) is 11.1. The standard InChI is InChI=1S/C10H7ClN4O3S/c1-4-7(10(17)18)9(19-15-4)14-8(16)5-2-13-6(11)3-12-5/h2-3H,1H3,(H,14,16)(H,17,18). The van der Waals surface area contributed by atoms with Gasteiger partial charge in [0.15, 0.2) is 0 Å².